The number of hydrogen-bond acceptors (Lipinski definition) is 6. The Morgan fingerprint density at radius 1 is 1.04 bits per heavy atom. The number of anilines is 1. The maximum absolute atomic E-state index is 11.9. The number of hydrogen-bond donors (Lipinski definition) is 2. The fourth-order valence-corrected chi connectivity index (χ4v) is 2.31. The predicted molar refractivity (Wildman–Crippen MR) is 106 cm³/mol. The van der Waals surface area contributed by atoms with Crippen LogP contribution < -0.4 is 25.0 Å². The topological polar surface area (TPSA) is 98.2 Å². The number of hydrazone groups is 1. The number of nitrogens with zero attached hydrogens (tertiary/aromatic N) is 1. The van der Waals surface area contributed by atoms with E-state index in [1.165, 1.54) is 13.3 Å². The van der Waals surface area contributed by atoms with Gasteiger partial charge >= 0.3 is 0 Å². The molecule has 28 heavy (non-hydrogen) atoms. The third kappa shape index (κ3) is 6.31. The lowest BCUT2D eigenvalue weighted by atomic mass is 10.2. The van der Waals surface area contributed by atoms with Crippen LogP contribution in [0.15, 0.2) is 47.6 Å². The summed E-state index contributed by atoms with van der Waals surface area (Å²) in [6.07, 6.45) is 1.10. The lowest BCUT2D eigenvalue weighted by Gasteiger charge is -2.09. The van der Waals surface area contributed by atoms with Crippen molar-refractivity contribution in [3.8, 4) is 17.2 Å². The molecule has 0 aromatic heterocycles. The third-order valence-corrected chi connectivity index (χ3v) is 3.57. The minimum atomic E-state index is -0.532. The number of methoxy groups -OCH3 is 2. The minimum Gasteiger partial charge on any atom is -0.497 e. The van der Waals surface area contributed by atoms with Crippen LogP contribution in [0.25, 0.3) is 0 Å². The van der Waals surface area contributed by atoms with Crippen molar-refractivity contribution in [1.82, 2.24) is 5.43 Å². The number of amides is 2. The van der Waals surface area contributed by atoms with Crippen molar-refractivity contribution in [3.63, 3.8) is 0 Å². The molecule has 0 bridgehead atoms. The van der Waals surface area contributed by atoms with Crippen molar-refractivity contribution < 1.29 is 23.8 Å². The first-order valence-electron chi connectivity index (χ1n) is 8.62. The van der Waals surface area contributed by atoms with Crippen molar-refractivity contribution in [3.05, 3.63) is 48.0 Å². The van der Waals surface area contributed by atoms with Gasteiger partial charge < -0.3 is 19.5 Å². The maximum atomic E-state index is 11.9. The molecule has 148 valence electrons. The molecule has 2 rings (SSSR count). The molecule has 0 atom stereocenters. The van der Waals surface area contributed by atoms with Gasteiger partial charge in [-0.05, 0) is 42.8 Å². The molecule has 2 N–H and O–H groups in total. The van der Waals surface area contributed by atoms with E-state index in [2.05, 4.69) is 15.8 Å². The third-order valence-electron chi connectivity index (χ3n) is 3.57. The molecular formula is C20H23N3O5. The van der Waals surface area contributed by atoms with E-state index in [0.717, 1.165) is 0 Å². The lowest BCUT2D eigenvalue weighted by Crippen LogP contribution is -2.24. The number of rotatable bonds is 9. The highest BCUT2D eigenvalue weighted by Crippen LogP contribution is 2.27. The molecule has 8 nitrogen and oxygen atoms in total. The summed E-state index contributed by atoms with van der Waals surface area (Å²) in [4.78, 5) is 23.8. The molecule has 2 aromatic carbocycles. The Hall–Kier alpha value is -3.55. The molecule has 0 heterocycles. The average molecular weight is 385 g/mol. The Bertz CT molecular complexity index is 851. The van der Waals surface area contributed by atoms with Gasteiger partial charge in [0.05, 0.1) is 27.0 Å². The van der Waals surface area contributed by atoms with Gasteiger partial charge in [0, 0.05) is 11.8 Å². The van der Waals surface area contributed by atoms with Crippen LogP contribution in [0.4, 0.5) is 5.69 Å². The van der Waals surface area contributed by atoms with Crippen LogP contribution in [0, 0.1) is 0 Å². The maximum Gasteiger partial charge on any atom is 0.249 e. The van der Waals surface area contributed by atoms with E-state index in [4.69, 9.17) is 14.2 Å². The first-order valence-corrected chi connectivity index (χ1v) is 8.62. The van der Waals surface area contributed by atoms with Crippen LogP contribution in [0.3, 0.4) is 0 Å². The summed E-state index contributed by atoms with van der Waals surface area (Å²) in [5.74, 6) is 0.812. The zero-order valence-electron chi connectivity index (χ0n) is 16.0. The Kier molecular flexibility index (Phi) is 7.83. The molecular weight excluding hydrogens is 362 g/mol. The van der Waals surface area contributed by atoms with Crippen molar-refractivity contribution in [1.29, 1.82) is 0 Å². The summed E-state index contributed by atoms with van der Waals surface area (Å²) in [5, 5.41) is 6.49. The Balaban J connectivity index is 1.87. The highest BCUT2D eigenvalue weighted by atomic mass is 16.5. The van der Waals surface area contributed by atoms with Crippen molar-refractivity contribution >= 4 is 23.7 Å². The van der Waals surface area contributed by atoms with Crippen LogP contribution >= 0.6 is 0 Å². The van der Waals surface area contributed by atoms with Crippen LogP contribution in [0.5, 0.6) is 17.2 Å². The second-order valence-corrected chi connectivity index (χ2v) is 5.59. The smallest absolute Gasteiger partial charge is 0.249 e. The fourth-order valence-electron chi connectivity index (χ4n) is 2.31. The van der Waals surface area contributed by atoms with E-state index in [0.29, 0.717) is 35.1 Å². The number of nitrogens with one attached hydrogen (secondary N) is 2. The molecule has 0 radical (unpaired) electrons. The number of carbonyl (C=O) groups is 2. The van der Waals surface area contributed by atoms with Crippen molar-refractivity contribution in [2.75, 3.05) is 26.1 Å². The van der Waals surface area contributed by atoms with Gasteiger partial charge in [-0.1, -0.05) is 6.07 Å². The molecule has 0 fully saturated rings. The molecule has 0 unspecified atom stereocenters. The van der Waals surface area contributed by atoms with Gasteiger partial charge in [0.1, 0.15) is 12.2 Å². The Morgan fingerprint density at radius 3 is 2.57 bits per heavy atom. The summed E-state index contributed by atoms with van der Waals surface area (Å²) >= 11 is 0. The van der Waals surface area contributed by atoms with Crippen molar-refractivity contribution in [2.45, 2.75) is 13.3 Å². The van der Waals surface area contributed by atoms with Crippen LogP contribution in [-0.2, 0) is 9.59 Å². The van der Waals surface area contributed by atoms with Gasteiger partial charge in [0.15, 0.2) is 11.5 Å². The molecule has 0 saturated carbocycles. The van der Waals surface area contributed by atoms with Gasteiger partial charge in [-0.2, -0.15) is 5.10 Å². The SMILES string of the molecule is CCOc1cc(C=NNC(=O)CC(=O)Nc2cccc(OC)c2)ccc1OC. The normalized spacial score (nSPS) is 10.4. The minimum absolute atomic E-state index is 0.360. The summed E-state index contributed by atoms with van der Waals surface area (Å²) in [7, 11) is 3.09. The van der Waals surface area contributed by atoms with Gasteiger partial charge in [0.25, 0.3) is 0 Å². The highest BCUT2D eigenvalue weighted by molar-refractivity contribution is 6.03. The molecule has 0 aliphatic carbocycles. The molecule has 8 heteroatoms. The van der Waals surface area contributed by atoms with Crippen LogP contribution in [0.2, 0.25) is 0 Å². The van der Waals surface area contributed by atoms with E-state index in [1.807, 2.05) is 6.92 Å². The average Bonchev–Trinajstić information content (AvgIpc) is 2.68. The molecule has 0 aliphatic rings. The van der Waals surface area contributed by atoms with Crippen molar-refractivity contribution in [2.24, 2.45) is 5.10 Å². The molecule has 2 amide bonds. The second kappa shape index (κ2) is 10.6. The predicted octanol–water partition coefficient (Wildman–Crippen LogP) is 2.58. The zero-order chi connectivity index (χ0) is 20.4. The summed E-state index contributed by atoms with van der Waals surface area (Å²) in [5.41, 5.74) is 3.58. The lowest BCUT2D eigenvalue weighted by molar-refractivity contribution is -0.126. The molecule has 2 aromatic rings. The number of carbonyl (C=O) groups excluding carboxylic acids is 2. The van der Waals surface area contributed by atoms with Gasteiger partial charge in [-0.3, -0.25) is 9.59 Å². The van der Waals surface area contributed by atoms with Gasteiger partial charge in [-0.15, -0.1) is 0 Å². The number of benzene rings is 2. The first kappa shape index (κ1) is 20.8. The molecule has 0 spiro atoms. The summed E-state index contributed by atoms with van der Waals surface area (Å²) in [6, 6.07) is 12.1. The van der Waals surface area contributed by atoms with Gasteiger partial charge in [-0.25, -0.2) is 5.43 Å². The number of ether oxygens (including phenoxy) is 3. The van der Waals surface area contributed by atoms with E-state index < -0.39 is 11.8 Å². The Labute approximate surface area is 163 Å². The van der Waals surface area contributed by atoms with E-state index in [-0.39, 0.29) is 6.42 Å². The Morgan fingerprint density at radius 2 is 1.86 bits per heavy atom. The quantitative estimate of drug-likeness (QED) is 0.393. The second-order valence-electron chi connectivity index (χ2n) is 5.59. The van der Waals surface area contributed by atoms with Crippen LogP contribution in [0.1, 0.15) is 18.9 Å². The van der Waals surface area contributed by atoms with Gasteiger partial charge in [0.2, 0.25) is 11.8 Å². The summed E-state index contributed by atoms with van der Waals surface area (Å²) in [6.45, 7) is 2.37. The largest absolute Gasteiger partial charge is 0.497 e. The van der Waals surface area contributed by atoms with E-state index in [1.54, 1.807) is 49.6 Å². The monoisotopic (exact) mass is 385 g/mol. The molecule has 0 saturated heterocycles. The zero-order valence-corrected chi connectivity index (χ0v) is 16.0. The first-order chi connectivity index (χ1) is 13.5. The summed E-state index contributed by atoms with van der Waals surface area (Å²) < 4.78 is 15.8. The highest BCUT2D eigenvalue weighted by Gasteiger charge is 2.09. The van der Waals surface area contributed by atoms with E-state index >= 15 is 0 Å². The standard InChI is InChI=1S/C20H23N3O5/c1-4-28-18-10-14(8-9-17(18)27-3)13-21-23-20(25)12-19(24)22-15-6-5-7-16(11-15)26-2/h5-11,13H,4,12H2,1-3H3,(H,22,24)(H,23,25). The fraction of sp³-hybridized carbons (Fsp3) is 0.250. The molecule has 0 aliphatic heterocycles. The van der Waals surface area contributed by atoms with E-state index in [9.17, 15) is 9.59 Å². The van der Waals surface area contributed by atoms with Crippen LogP contribution in [-0.4, -0.2) is 38.9 Å².